The van der Waals surface area contributed by atoms with E-state index in [-0.39, 0.29) is 36.5 Å². The molecule has 2 amide bonds. The Hall–Kier alpha value is -4.54. The monoisotopic (exact) mass is 714 g/mol. The van der Waals surface area contributed by atoms with E-state index in [1.165, 1.54) is 6.92 Å². The number of carbonyl (C=O) groups is 4. The van der Waals surface area contributed by atoms with E-state index < -0.39 is 11.8 Å². The molecule has 10 nitrogen and oxygen atoms in total. The van der Waals surface area contributed by atoms with Gasteiger partial charge in [-0.15, -0.1) is 0 Å². The van der Waals surface area contributed by atoms with Gasteiger partial charge >= 0.3 is 0 Å². The summed E-state index contributed by atoms with van der Waals surface area (Å²) in [6.45, 7) is 12.5. The van der Waals surface area contributed by atoms with Crippen LogP contribution in [0.25, 0.3) is 11.1 Å². The van der Waals surface area contributed by atoms with Crippen molar-refractivity contribution in [2.75, 3.05) is 39.4 Å². The lowest BCUT2D eigenvalue weighted by molar-refractivity contribution is -0.126. The van der Waals surface area contributed by atoms with E-state index in [2.05, 4.69) is 36.6 Å². The Balaban J connectivity index is 1.95. The van der Waals surface area contributed by atoms with E-state index in [0.717, 1.165) is 47.1 Å². The number of Topliss-reactive ketones (excluding diaryl/α,β-unsaturated/α-hetero) is 2. The minimum Gasteiger partial charge on any atom is -0.492 e. The number of hydrogen-bond acceptors (Lipinski definition) is 8. The van der Waals surface area contributed by atoms with Gasteiger partial charge in [-0.25, -0.2) is 0 Å². The van der Waals surface area contributed by atoms with Gasteiger partial charge in [-0.1, -0.05) is 63.4 Å². The van der Waals surface area contributed by atoms with E-state index in [9.17, 15) is 19.2 Å². The summed E-state index contributed by atoms with van der Waals surface area (Å²) in [5.41, 5.74) is 17.5. The normalized spacial score (nSPS) is 12.8. The molecular formula is C42H58N4O6. The molecule has 0 heterocycles. The second-order valence-corrected chi connectivity index (χ2v) is 13.9. The topological polar surface area (TPSA) is 163 Å². The Labute approximate surface area is 309 Å². The molecule has 6 N–H and O–H groups in total. The Morgan fingerprint density at radius 3 is 2.04 bits per heavy atom. The van der Waals surface area contributed by atoms with E-state index in [0.29, 0.717) is 67.7 Å². The molecule has 0 aliphatic carbocycles. The fourth-order valence-corrected chi connectivity index (χ4v) is 6.34. The summed E-state index contributed by atoms with van der Waals surface area (Å²) < 4.78 is 12.2. The lowest BCUT2D eigenvalue weighted by atomic mass is 9.86. The van der Waals surface area contributed by atoms with Gasteiger partial charge in [-0.3, -0.25) is 19.2 Å². The molecule has 282 valence electrons. The summed E-state index contributed by atoms with van der Waals surface area (Å²) in [6.07, 6.45) is 3.81. The van der Waals surface area contributed by atoms with Crippen LogP contribution in [-0.4, -0.2) is 62.8 Å². The summed E-state index contributed by atoms with van der Waals surface area (Å²) in [7, 11) is 0. The average molecular weight is 715 g/mol. The molecule has 0 saturated heterocycles. The van der Waals surface area contributed by atoms with E-state index in [4.69, 9.17) is 20.9 Å². The number of aryl methyl sites for hydroxylation is 2. The molecule has 0 spiro atoms. The highest BCUT2D eigenvalue weighted by molar-refractivity contribution is 5.98. The van der Waals surface area contributed by atoms with E-state index in [1.807, 2.05) is 50.2 Å². The van der Waals surface area contributed by atoms with Crippen molar-refractivity contribution < 1.29 is 28.7 Å². The van der Waals surface area contributed by atoms with Crippen molar-refractivity contribution in [1.29, 1.82) is 0 Å². The molecule has 3 aromatic rings. The van der Waals surface area contributed by atoms with Gasteiger partial charge in [-0.2, -0.15) is 0 Å². The number of rotatable bonds is 22. The van der Waals surface area contributed by atoms with E-state index in [1.54, 1.807) is 13.0 Å². The first-order valence-electron chi connectivity index (χ1n) is 18.5. The molecule has 52 heavy (non-hydrogen) atoms. The van der Waals surface area contributed by atoms with Crippen molar-refractivity contribution in [3.8, 4) is 22.6 Å². The van der Waals surface area contributed by atoms with Crippen LogP contribution in [-0.2, 0) is 20.8 Å². The van der Waals surface area contributed by atoms with Gasteiger partial charge in [0.15, 0.2) is 5.78 Å². The van der Waals surface area contributed by atoms with Crippen LogP contribution in [0.2, 0.25) is 0 Å². The summed E-state index contributed by atoms with van der Waals surface area (Å²) >= 11 is 0. The second-order valence-electron chi connectivity index (χ2n) is 13.9. The number of ketones is 2. The van der Waals surface area contributed by atoms with Crippen molar-refractivity contribution in [1.82, 2.24) is 10.6 Å². The quantitative estimate of drug-likeness (QED) is 0.101. The first-order valence-corrected chi connectivity index (χ1v) is 18.5. The van der Waals surface area contributed by atoms with Gasteiger partial charge in [0, 0.05) is 35.7 Å². The molecular weight excluding hydrogens is 656 g/mol. The van der Waals surface area contributed by atoms with Crippen LogP contribution in [0.4, 0.5) is 0 Å². The SMILES string of the molecule is CCCC(C)Cc1ccc(OCCN)c(-c2cc(C(CCC(C)C(=O)CNC(=O)c3ccc(C)cc3C)C(=O)NCC(C)=O)ccc2OCCN)c1. The number of nitrogens with two attached hydrogens (primary N) is 2. The molecule has 0 aromatic heterocycles. The third kappa shape index (κ3) is 12.6. The van der Waals surface area contributed by atoms with Gasteiger partial charge in [0.25, 0.3) is 5.91 Å². The third-order valence-electron chi connectivity index (χ3n) is 9.17. The molecule has 3 aromatic carbocycles. The van der Waals surface area contributed by atoms with Crippen molar-refractivity contribution in [3.05, 3.63) is 82.4 Å². The number of nitrogens with one attached hydrogen (secondary N) is 2. The zero-order chi connectivity index (χ0) is 38.2. The van der Waals surface area contributed by atoms with Crippen LogP contribution in [0.1, 0.15) is 91.9 Å². The highest BCUT2D eigenvalue weighted by atomic mass is 16.5. The Morgan fingerprint density at radius 2 is 1.42 bits per heavy atom. The van der Waals surface area contributed by atoms with Crippen LogP contribution in [0.5, 0.6) is 11.5 Å². The summed E-state index contributed by atoms with van der Waals surface area (Å²) in [4.78, 5) is 51.6. The molecule has 0 bridgehead atoms. The van der Waals surface area contributed by atoms with Gasteiger partial charge in [-0.05, 0) is 93.0 Å². The molecule has 0 radical (unpaired) electrons. The van der Waals surface area contributed by atoms with E-state index >= 15 is 0 Å². The van der Waals surface area contributed by atoms with Crippen LogP contribution < -0.4 is 31.6 Å². The number of amides is 2. The predicted molar refractivity (Wildman–Crippen MR) is 207 cm³/mol. The highest BCUT2D eigenvalue weighted by Crippen LogP contribution is 2.40. The fraction of sp³-hybridized carbons (Fsp3) is 0.476. The van der Waals surface area contributed by atoms with Gasteiger partial charge in [0.2, 0.25) is 5.91 Å². The van der Waals surface area contributed by atoms with Gasteiger partial charge < -0.3 is 31.6 Å². The first-order chi connectivity index (χ1) is 24.9. The molecule has 0 fully saturated rings. The predicted octanol–water partition coefficient (Wildman–Crippen LogP) is 5.83. The largest absolute Gasteiger partial charge is 0.492 e. The number of hydrogen-bond donors (Lipinski definition) is 4. The maximum atomic E-state index is 13.7. The van der Waals surface area contributed by atoms with Gasteiger partial charge in [0.05, 0.1) is 19.0 Å². The van der Waals surface area contributed by atoms with Crippen molar-refractivity contribution in [3.63, 3.8) is 0 Å². The van der Waals surface area contributed by atoms with Crippen molar-refractivity contribution in [2.24, 2.45) is 23.3 Å². The molecule has 0 aliphatic heterocycles. The first kappa shape index (κ1) is 41.9. The van der Waals surface area contributed by atoms with Crippen LogP contribution in [0.15, 0.2) is 54.6 Å². The Morgan fingerprint density at radius 1 is 0.769 bits per heavy atom. The molecule has 0 saturated carbocycles. The van der Waals surface area contributed by atoms with Gasteiger partial charge in [0.1, 0.15) is 30.5 Å². The molecule has 3 atom stereocenters. The van der Waals surface area contributed by atoms with Crippen LogP contribution >= 0.6 is 0 Å². The number of benzene rings is 3. The van der Waals surface area contributed by atoms with Crippen molar-refractivity contribution >= 4 is 23.4 Å². The molecule has 3 unspecified atom stereocenters. The minimum atomic E-state index is -0.678. The minimum absolute atomic E-state index is 0.103. The summed E-state index contributed by atoms with van der Waals surface area (Å²) in [5.74, 6) is -0.310. The standard InChI is InChI=1S/C42H58N4O6/c1-7-8-27(2)22-32-11-15-39(51-19-17-43)36(23-32)37-24-33(12-16-40(37)52-20-18-44)35(42(50)45-25-31(6)47)14-10-29(4)38(48)26-46-41(49)34-13-9-28(3)21-30(34)5/h9,11-13,15-16,21,23-24,27,29,35H,7-8,10,14,17-20,22,25-26,43-44H2,1-6H3,(H,45,50)(H,46,49). The third-order valence-corrected chi connectivity index (χ3v) is 9.17. The summed E-state index contributed by atoms with van der Waals surface area (Å²) in [6, 6.07) is 17.3. The fourth-order valence-electron chi connectivity index (χ4n) is 6.34. The number of carbonyl (C=O) groups excluding carboxylic acids is 4. The van der Waals surface area contributed by atoms with Crippen LogP contribution in [0, 0.1) is 25.7 Å². The summed E-state index contributed by atoms with van der Waals surface area (Å²) in [5, 5.41) is 5.53. The molecule has 0 aliphatic rings. The molecule has 10 heteroatoms. The maximum Gasteiger partial charge on any atom is 0.251 e. The Kier molecular flexibility index (Phi) is 17.0. The average Bonchev–Trinajstić information content (AvgIpc) is 3.11. The Bertz CT molecular complexity index is 1670. The zero-order valence-electron chi connectivity index (χ0n) is 31.8. The lowest BCUT2D eigenvalue weighted by Crippen LogP contribution is -2.34. The van der Waals surface area contributed by atoms with Crippen molar-refractivity contribution in [2.45, 2.75) is 79.6 Å². The smallest absolute Gasteiger partial charge is 0.251 e. The zero-order valence-corrected chi connectivity index (χ0v) is 31.8. The number of ether oxygens (including phenoxy) is 2. The maximum absolute atomic E-state index is 13.7. The molecule has 3 rings (SSSR count). The highest BCUT2D eigenvalue weighted by Gasteiger charge is 2.26. The second kappa shape index (κ2) is 21.1. The lowest BCUT2D eigenvalue weighted by Gasteiger charge is -2.22. The van der Waals surface area contributed by atoms with Crippen LogP contribution in [0.3, 0.4) is 0 Å².